The van der Waals surface area contributed by atoms with Crippen LogP contribution in [0.3, 0.4) is 0 Å². The molecule has 0 saturated carbocycles. The number of hydrogen-bond donors (Lipinski definition) is 1. The maximum absolute atomic E-state index is 13.0. The number of hydrogen-bond acceptors (Lipinski definition) is 4. The first kappa shape index (κ1) is 22.6. The van der Waals surface area contributed by atoms with Crippen molar-refractivity contribution in [3.05, 3.63) is 65.2 Å². The number of halogens is 3. The van der Waals surface area contributed by atoms with Crippen molar-refractivity contribution in [2.45, 2.75) is 24.7 Å². The van der Waals surface area contributed by atoms with E-state index in [9.17, 15) is 27.6 Å². The van der Waals surface area contributed by atoms with Gasteiger partial charge in [-0.1, -0.05) is 12.1 Å². The van der Waals surface area contributed by atoms with E-state index in [4.69, 9.17) is 4.74 Å². The lowest BCUT2D eigenvalue weighted by molar-refractivity contribution is -0.152. The molecule has 2 atom stereocenters. The number of amides is 3. The maximum atomic E-state index is 13.0. The summed E-state index contributed by atoms with van der Waals surface area (Å²) in [5.74, 6) is -0.384. The Bertz CT molecular complexity index is 1050. The van der Waals surface area contributed by atoms with E-state index in [1.54, 1.807) is 19.2 Å². The predicted molar refractivity (Wildman–Crippen MR) is 111 cm³/mol. The van der Waals surface area contributed by atoms with Gasteiger partial charge in [0.25, 0.3) is 5.91 Å². The summed E-state index contributed by atoms with van der Waals surface area (Å²) in [5, 5.41) is 2.74. The van der Waals surface area contributed by atoms with Crippen LogP contribution in [-0.4, -0.2) is 66.3 Å². The van der Waals surface area contributed by atoms with E-state index >= 15 is 0 Å². The number of carbonyl (C=O) groups is 3. The van der Waals surface area contributed by atoms with Crippen molar-refractivity contribution in [1.29, 1.82) is 0 Å². The molecule has 2 aromatic carbocycles. The number of carbonyl (C=O) groups excluding carboxylic acids is 3. The van der Waals surface area contributed by atoms with Crippen LogP contribution in [0.1, 0.15) is 21.5 Å². The molecule has 33 heavy (non-hydrogen) atoms. The van der Waals surface area contributed by atoms with Crippen molar-refractivity contribution in [2.75, 3.05) is 26.7 Å². The molecule has 2 fully saturated rings. The molecule has 0 radical (unpaired) electrons. The van der Waals surface area contributed by atoms with Crippen molar-refractivity contribution >= 4 is 17.7 Å². The van der Waals surface area contributed by atoms with Gasteiger partial charge < -0.3 is 19.9 Å². The molecule has 2 saturated heterocycles. The minimum Gasteiger partial charge on any atom is -0.497 e. The highest BCUT2D eigenvalue weighted by molar-refractivity contribution is 5.99. The number of fused-ring (bicyclic) bond motifs is 1. The fourth-order valence-corrected chi connectivity index (χ4v) is 4.11. The second-order valence-corrected chi connectivity index (χ2v) is 7.99. The van der Waals surface area contributed by atoms with Crippen LogP contribution >= 0.6 is 0 Å². The Hall–Kier alpha value is -3.56. The third-order valence-electron chi connectivity index (χ3n) is 5.93. The maximum Gasteiger partial charge on any atom is 0.416 e. The summed E-state index contributed by atoms with van der Waals surface area (Å²) in [7, 11) is 1.56. The number of rotatable bonds is 4. The van der Waals surface area contributed by atoms with Gasteiger partial charge in [0.1, 0.15) is 17.8 Å². The topological polar surface area (TPSA) is 79.0 Å². The standard InChI is InChI=1S/C23H22F3N3O4/c1-33-17-8-2-14(3-9-17)12-18-22(32)29-11-10-28(13-19(29)20(30)27-18)21(31)15-4-6-16(7-5-15)23(24,25)26/h2-9,18-19H,10-13H2,1H3,(H,27,30)/t18-,19+/m0/s1. The van der Waals surface area contributed by atoms with Crippen LogP contribution in [0.2, 0.25) is 0 Å². The molecular formula is C23H22F3N3O4. The first-order valence-corrected chi connectivity index (χ1v) is 10.4. The zero-order chi connectivity index (χ0) is 23.8. The summed E-state index contributed by atoms with van der Waals surface area (Å²) in [6.45, 7) is 0.333. The lowest BCUT2D eigenvalue weighted by Gasteiger charge is -2.45. The summed E-state index contributed by atoms with van der Waals surface area (Å²) in [6.07, 6.45) is -4.16. The number of piperazine rings is 2. The van der Waals surface area contributed by atoms with Crippen LogP contribution in [0.5, 0.6) is 5.75 Å². The molecule has 1 N–H and O–H groups in total. The Kier molecular flexibility index (Phi) is 6.01. The molecule has 0 aliphatic carbocycles. The van der Waals surface area contributed by atoms with Gasteiger partial charge in [-0.05, 0) is 42.0 Å². The number of nitrogens with one attached hydrogen (secondary N) is 1. The highest BCUT2D eigenvalue weighted by atomic mass is 19.4. The van der Waals surface area contributed by atoms with Gasteiger partial charge in [0, 0.05) is 25.1 Å². The summed E-state index contributed by atoms with van der Waals surface area (Å²) >= 11 is 0. The number of ether oxygens (including phenoxy) is 1. The van der Waals surface area contributed by atoms with Crippen LogP contribution in [0.15, 0.2) is 48.5 Å². The second kappa shape index (κ2) is 8.76. The second-order valence-electron chi connectivity index (χ2n) is 7.99. The first-order chi connectivity index (χ1) is 15.7. The Morgan fingerprint density at radius 1 is 1.06 bits per heavy atom. The minimum atomic E-state index is -4.49. The molecule has 2 aliphatic heterocycles. The Labute approximate surface area is 188 Å². The highest BCUT2D eigenvalue weighted by Crippen LogP contribution is 2.29. The van der Waals surface area contributed by atoms with Gasteiger partial charge in [0.2, 0.25) is 11.8 Å². The fourth-order valence-electron chi connectivity index (χ4n) is 4.11. The number of benzene rings is 2. The molecule has 0 bridgehead atoms. The molecular weight excluding hydrogens is 439 g/mol. The number of nitrogens with zero attached hydrogens (tertiary/aromatic N) is 2. The van der Waals surface area contributed by atoms with Crippen molar-refractivity contribution in [3.8, 4) is 5.75 Å². The van der Waals surface area contributed by atoms with Gasteiger partial charge in [-0.2, -0.15) is 13.2 Å². The van der Waals surface area contributed by atoms with Crippen LogP contribution < -0.4 is 10.1 Å². The third kappa shape index (κ3) is 4.64. The normalized spacial score (nSPS) is 20.8. The molecule has 10 heteroatoms. The summed E-state index contributed by atoms with van der Waals surface area (Å²) in [5.41, 5.74) is 0.115. The fraction of sp³-hybridized carbons (Fsp3) is 0.348. The van der Waals surface area contributed by atoms with Crippen LogP contribution in [0.25, 0.3) is 0 Å². The van der Waals surface area contributed by atoms with Gasteiger partial charge in [0.15, 0.2) is 0 Å². The average molecular weight is 461 g/mol. The molecule has 174 valence electrons. The van der Waals surface area contributed by atoms with Gasteiger partial charge in [0.05, 0.1) is 19.2 Å². The number of methoxy groups -OCH3 is 1. The Morgan fingerprint density at radius 2 is 1.73 bits per heavy atom. The molecule has 2 heterocycles. The Morgan fingerprint density at radius 3 is 2.33 bits per heavy atom. The van der Waals surface area contributed by atoms with Crippen molar-refractivity contribution in [2.24, 2.45) is 0 Å². The molecule has 2 aromatic rings. The molecule has 0 unspecified atom stereocenters. The molecule has 0 aromatic heterocycles. The van der Waals surface area contributed by atoms with Crippen LogP contribution in [-0.2, 0) is 22.2 Å². The summed E-state index contributed by atoms with van der Waals surface area (Å²) in [6, 6.07) is 9.60. The monoisotopic (exact) mass is 461 g/mol. The van der Waals surface area contributed by atoms with E-state index < -0.39 is 29.7 Å². The zero-order valence-corrected chi connectivity index (χ0v) is 17.8. The van der Waals surface area contributed by atoms with Crippen molar-refractivity contribution < 1.29 is 32.3 Å². The third-order valence-corrected chi connectivity index (χ3v) is 5.93. The van der Waals surface area contributed by atoms with E-state index in [0.29, 0.717) is 12.2 Å². The van der Waals surface area contributed by atoms with Gasteiger partial charge in [-0.15, -0.1) is 0 Å². The molecule has 4 rings (SSSR count). The highest BCUT2D eigenvalue weighted by Gasteiger charge is 2.44. The minimum absolute atomic E-state index is 0.0211. The predicted octanol–water partition coefficient (Wildman–Crippen LogP) is 2.11. The summed E-state index contributed by atoms with van der Waals surface area (Å²) < 4.78 is 43.4. The smallest absolute Gasteiger partial charge is 0.416 e. The summed E-state index contributed by atoms with van der Waals surface area (Å²) in [4.78, 5) is 41.4. The van der Waals surface area contributed by atoms with Crippen molar-refractivity contribution in [1.82, 2.24) is 15.1 Å². The van der Waals surface area contributed by atoms with E-state index in [-0.39, 0.29) is 37.0 Å². The molecule has 0 spiro atoms. The van der Waals surface area contributed by atoms with Gasteiger partial charge in [-0.25, -0.2) is 0 Å². The largest absolute Gasteiger partial charge is 0.497 e. The Balaban J connectivity index is 1.42. The van der Waals surface area contributed by atoms with Crippen LogP contribution in [0, 0.1) is 0 Å². The molecule has 2 aliphatic rings. The molecule has 7 nitrogen and oxygen atoms in total. The first-order valence-electron chi connectivity index (χ1n) is 10.4. The average Bonchev–Trinajstić information content (AvgIpc) is 2.81. The van der Waals surface area contributed by atoms with Crippen LogP contribution in [0.4, 0.5) is 13.2 Å². The lowest BCUT2D eigenvalue weighted by Crippen LogP contribution is -2.70. The zero-order valence-electron chi connectivity index (χ0n) is 17.8. The van der Waals surface area contributed by atoms with E-state index in [1.807, 2.05) is 12.1 Å². The molecule has 3 amide bonds. The van der Waals surface area contributed by atoms with E-state index in [2.05, 4.69) is 5.32 Å². The van der Waals surface area contributed by atoms with E-state index in [0.717, 1.165) is 29.8 Å². The van der Waals surface area contributed by atoms with Crippen molar-refractivity contribution in [3.63, 3.8) is 0 Å². The van der Waals surface area contributed by atoms with Gasteiger partial charge >= 0.3 is 6.18 Å². The SMILES string of the molecule is COc1ccc(C[C@@H]2NC(=O)[C@H]3CN(C(=O)c4ccc(C(F)(F)F)cc4)CCN3C2=O)cc1. The quantitative estimate of drug-likeness (QED) is 0.757. The lowest BCUT2D eigenvalue weighted by atomic mass is 9.98. The van der Waals surface area contributed by atoms with Gasteiger partial charge in [-0.3, -0.25) is 14.4 Å². The van der Waals surface area contributed by atoms with E-state index in [1.165, 1.54) is 9.80 Å². The number of alkyl halides is 3.